The van der Waals surface area contributed by atoms with Gasteiger partial charge in [-0.1, -0.05) is 47.0 Å². The van der Waals surface area contributed by atoms with Gasteiger partial charge in [-0.3, -0.25) is 0 Å². The van der Waals surface area contributed by atoms with Gasteiger partial charge >= 0.3 is 0 Å². The van der Waals surface area contributed by atoms with E-state index in [1.165, 1.54) is 44.9 Å². The molecule has 1 nitrogen and oxygen atoms in total. The molecule has 0 aliphatic heterocycles. The zero-order valence-electron chi connectivity index (χ0n) is 12.9. The molecule has 0 radical (unpaired) electrons. The molecule has 18 heavy (non-hydrogen) atoms. The third-order valence-electron chi connectivity index (χ3n) is 5.63. The lowest BCUT2D eigenvalue weighted by Gasteiger charge is -2.43. The van der Waals surface area contributed by atoms with Crippen molar-refractivity contribution in [2.45, 2.75) is 84.7 Å². The van der Waals surface area contributed by atoms with Crippen molar-refractivity contribution in [3.63, 3.8) is 0 Å². The molecule has 0 spiro atoms. The molecular formula is C17H33N. The van der Waals surface area contributed by atoms with Crippen LogP contribution in [-0.2, 0) is 0 Å². The van der Waals surface area contributed by atoms with Crippen LogP contribution in [-0.4, -0.2) is 12.1 Å². The highest BCUT2D eigenvalue weighted by molar-refractivity contribution is 4.90. The number of rotatable bonds is 3. The van der Waals surface area contributed by atoms with Gasteiger partial charge in [-0.15, -0.1) is 0 Å². The first-order chi connectivity index (χ1) is 8.59. The first kappa shape index (κ1) is 14.4. The number of hydrogen-bond acceptors (Lipinski definition) is 1. The van der Waals surface area contributed by atoms with Crippen molar-refractivity contribution < 1.29 is 0 Å². The van der Waals surface area contributed by atoms with Crippen LogP contribution in [0.3, 0.4) is 0 Å². The van der Waals surface area contributed by atoms with Crippen LogP contribution < -0.4 is 5.32 Å². The summed E-state index contributed by atoms with van der Waals surface area (Å²) in [5, 5.41) is 4.09. The summed E-state index contributed by atoms with van der Waals surface area (Å²) >= 11 is 0. The Labute approximate surface area is 114 Å². The Morgan fingerprint density at radius 2 is 1.44 bits per heavy atom. The minimum absolute atomic E-state index is 0.781. The van der Waals surface area contributed by atoms with E-state index in [-0.39, 0.29) is 0 Å². The largest absolute Gasteiger partial charge is 0.310 e. The van der Waals surface area contributed by atoms with E-state index in [9.17, 15) is 0 Å². The summed E-state index contributed by atoms with van der Waals surface area (Å²) in [5.74, 6) is 3.52. The van der Waals surface area contributed by atoms with Gasteiger partial charge < -0.3 is 5.32 Å². The molecule has 2 aliphatic carbocycles. The van der Waals surface area contributed by atoms with E-state index in [4.69, 9.17) is 0 Å². The Bertz CT molecular complexity index is 238. The summed E-state index contributed by atoms with van der Waals surface area (Å²) in [6, 6.07) is 1.58. The highest BCUT2D eigenvalue weighted by atomic mass is 15.0. The van der Waals surface area contributed by atoms with Crippen LogP contribution in [0.4, 0.5) is 0 Å². The van der Waals surface area contributed by atoms with Gasteiger partial charge in [0.2, 0.25) is 0 Å². The second-order valence-electron chi connectivity index (χ2n) is 7.38. The van der Waals surface area contributed by atoms with Gasteiger partial charge in [-0.05, 0) is 49.4 Å². The normalized spacial score (nSPS) is 42.2. The first-order valence-corrected chi connectivity index (χ1v) is 8.35. The Hall–Kier alpha value is -0.0400. The van der Waals surface area contributed by atoms with E-state index in [1.807, 2.05) is 0 Å². The molecule has 0 saturated heterocycles. The summed E-state index contributed by atoms with van der Waals surface area (Å²) in [5.41, 5.74) is 0. The van der Waals surface area contributed by atoms with E-state index in [2.05, 4.69) is 33.0 Å². The van der Waals surface area contributed by atoms with E-state index in [0.717, 1.165) is 35.8 Å². The molecular weight excluding hydrogens is 218 g/mol. The topological polar surface area (TPSA) is 12.0 Å². The lowest BCUT2D eigenvalue weighted by Crippen LogP contribution is -2.51. The molecule has 0 amide bonds. The van der Waals surface area contributed by atoms with Crippen LogP contribution in [0, 0.1) is 23.7 Å². The quantitative estimate of drug-likeness (QED) is 0.772. The van der Waals surface area contributed by atoms with Crippen LogP contribution in [0.25, 0.3) is 0 Å². The van der Waals surface area contributed by atoms with Crippen molar-refractivity contribution in [3.8, 4) is 0 Å². The van der Waals surface area contributed by atoms with Crippen LogP contribution in [0.5, 0.6) is 0 Å². The summed E-state index contributed by atoms with van der Waals surface area (Å²) in [6.07, 6.45) is 10.1. The zero-order chi connectivity index (χ0) is 13.1. The second-order valence-corrected chi connectivity index (χ2v) is 7.38. The number of nitrogens with one attached hydrogen (secondary N) is 1. The maximum absolute atomic E-state index is 4.09. The molecule has 0 bridgehead atoms. The Balaban J connectivity index is 1.97. The fourth-order valence-electron chi connectivity index (χ4n) is 4.42. The maximum atomic E-state index is 4.09. The van der Waals surface area contributed by atoms with Crippen molar-refractivity contribution in [2.24, 2.45) is 23.7 Å². The smallest absolute Gasteiger partial charge is 0.0121 e. The molecule has 1 heteroatoms. The Morgan fingerprint density at radius 1 is 0.833 bits per heavy atom. The lowest BCUT2D eigenvalue weighted by atomic mass is 9.74. The van der Waals surface area contributed by atoms with E-state index in [0.29, 0.717) is 0 Å². The lowest BCUT2D eigenvalue weighted by molar-refractivity contribution is 0.133. The predicted octanol–water partition coefficient (Wildman–Crippen LogP) is 4.62. The highest BCUT2D eigenvalue weighted by Crippen LogP contribution is 2.34. The second kappa shape index (κ2) is 6.41. The monoisotopic (exact) mass is 251 g/mol. The van der Waals surface area contributed by atoms with Gasteiger partial charge in [-0.25, -0.2) is 0 Å². The maximum Gasteiger partial charge on any atom is 0.0121 e. The highest BCUT2D eigenvalue weighted by Gasteiger charge is 2.33. The third-order valence-corrected chi connectivity index (χ3v) is 5.63. The van der Waals surface area contributed by atoms with Gasteiger partial charge in [-0.2, -0.15) is 0 Å². The standard InChI is InChI=1S/C17H33N/c1-12(2)15-10-5-6-11-16(15)18-17-13(3)8-7-9-14(17)4/h12-18H,5-11H2,1-4H3. The van der Waals surface area contributed by atoms with Gasteiger partial charge in [0.1, 0.15) is 0 Å². The minimum Gasteiger partial charge on any atom is -0.310 e. The molecule has 2 fully saturated rings. The summed E-state index contributed by atoms with van der Waals surface area (Å²) < 4.78 is 0. The molecule has 2 rings (SSSR count). The third kappa shape index (κ3) is 3.29. The van der Waals surface area contributed by atoms with Crippen molar-refractivity contribution in [3.05, 3.63) is 0 Å². The fourth-order valence-corrected chi connectivity index (χ4v) is 4.42. The molecule has 106 valence electrons. The molecule has 4 unspecified atom stereocenters. The molecule has 0 aromatic carbocycles. The minimum atomic E-state index is 0.781. The fraction of sp³-hybridized carbons (Fsp3) is 1.00. The Kier molecular flexibility index (Phi) is 5.12. The number of hydrogen-bond donors (Lipinski definition) is 1. The van der Waals surface area contributed by atoms with Crippen molar-refractivity contribution in [2.75, 3.05) is 0 Å². The molecule has 2 saturated carbocycles. The molecule has 1 N–H and O–H groups in total. The summed E-state index contributed by atoms with van der Waals surface area (Å²) in [4.78, 5) is 0. The molecule has 0 heterocycles. The van der Waals surface area contributed by atoms with Gasteiger partial charge in [0.15, 0.2) is 0 Å². The summed E-state index contributed by atoms with van der Waals surface area (Å²) in [7, 11) is 0. The van der Waals surface area contributed by atoms with Crippen molar-refractivity contribution >= 4 is 0 Å². The SMILES string of the molecule is CC(C)C1CCCCC1NC1C(C)CCCC1C. The molecule has 0 aromatic rings. The van der Waals surface area contributed by atoms with Crippen LogP contribution in [0.2, 0.25) is 0 Å². The zero-order valence-corrected chi connectivity index (χ0v) is 12.9. The Morgan fingerprint density at radius 3 is 2.06 bits per heavy atom. The average Bonchev–Trinajstić information content (AvgIpc) is 2.34. The van der Waals surface area contributed by atoms with Crippen LogP contribution in [0.15, 0.2) is 0 Å². The molecule has 0 aromatic heterocycles. The van der Waals surface area contributed by atoms with Gasteiger partial charge in [0.05, 0.1) is 0 Å². The summed E-state index contributed by atoms with van der Waals surface area (Å²) in [6.45, 7) is 9.75. The van der Waals surface area contributed by atoms with E-state index < -0.39 is 0 Å². The van der Waals surface area contributed by atoms with Gasteiger partial charge in [0.25, 0.3) is 0 Å². The first-order valence-electron chi connectivity index (χ1n) is 8.35. The van der Waals surface area contributed by atoms with E-state index >= 15 is 0 Å². The molecule has 4 atom stereocenters. The predicted molar refractivity (Wildman–Crippen MR) is 79.7 cm³/mol. The van der Waals surface area contributed by atoms with Crippen molar-refractivity contribution in [1.29, 1.82) is 0 Å². The average molecular weight is 251 g/mol. The van der Waals surface area contributed by atoms with Crippen molar-refractivity contribution in [1.82, 2.24) is 5.32 Å². The van der Waals surface area contributed by atoms with Gasteiger partial charge in [0, 0.05) is 12.1 Å². The van der Waals surface area contributed by atoms with Crippen LogP contribution >= 0.6 is 0 Å². The van der Waals surface area contributed by atoms with Crippen LogP contribution in [0.1, 0.15) is 72.6 Å². The molecule has 2 aliphatic rings. The van der Waals surface area contributed by atoms with E-state index in [1.54, 1.807) is 0 Å².